The monoisotopic (exact) mass is 382 g/mol. The minimum absolute atomic E-state index is 0.111. The Hall–Kier alpha value is -2.80. The zero-order chi connectivity index (χ0) is 19.1. The molecule has 1 N–H and O–H groups in total. The summed E-state index contributed by atoms with van der Waals surface area (Å²) in [6.45, 7) is 2.46. The van der Waals surface area contributed by atoms with Gasteiger partial charge in [0.25, 0.3) is 0 Å². The van der Waals surface area contributed by atoms with Crippen molar-refractivity contribution < 1.29 is 9.53 Å². The van der Waals surface area contributed by atoms with Crippen LogP contribution in [0, 0.1) is 0 Å². The molecule has 1 heterocycles. The normalized spacial score (nSPS) is 10.6. The van der Waals surface area contributed by atoms with Gasteiger partial charge in [0, 0.05) is 13.5 Å². The Kier molecular flexibility index (Phi) is 6.49. The highest BCUT2D eigenvalue weighted by Gasteiger charge is 2.13. The van der Waals surface area contributed by atoms with Gasteiger partial charge in [0.1, 0.15) is 11.6 Å². The van der Waals surface area contributed by atoms with Gasteiger partial charge in [-0.2, -0.15) is 0 Å². The highest BCUT2D eigenvalue weighted by molar-refractivity contribution is 7.99. The Morgan fingerprint density at radius 3 is 2.63 bits per heavy atom. The van der Waals surface area contributed by atoms with Crippen LogP contribution >= 0.6 is 11.8 Å². The van der Waals surface area contributed by atoms with Gasteiger partial charge >= 0.3 is 0 Å². The number of anilines is 1. The number of aromatic nitrogens is 3. The lowest BCUT2D eigenvalue weighted by molar-refractivity contribution is -0.113. The summed E-state index contributed by atoms with van der Waals surface area (Å²) < 4.78 is 7.46. The van der Waals surface area contributed by atoms with Gasteiger partial charge in [-0.05, 0) is 24.6 Å². The molecule has 6 nitrogen and oxygen atoms in total. The first-order valence-electron chi connectivity index (χ1n) is 8.74. The lowest BCUT2D eigenvalue weighted by atomic mass is 10.1. The fraction of sp³-hybridized carbons (Fsp3) is 0.250. The molecule has 2 aromatic carbocycles. The first-order valence-corrected chi connectivity index (χ1v) is 9.72. The number of carbonyl (C=O) groups is 1. The predicted octanol–water partition coefficient (Wildman–Crippen LogP) is 3.54. The maximum Gasteiger partial charge on any atom is 0.234 e. The fourth-order valence-corrected chi connectivity index (χ4v) is 3.30. The summed E-state index contributed by atoms with van der Waals surface area (Å²) in [6, 6.07) is 17.5. The zero-order valence-electron chi connectivity index (χ0n) is 15.4. The fourth-order valence-electron chi connectivity index (χ4n) is 2.57. The molecule has 1 aromatic heterocycles. The lowest BCUT2D eigenvalue weighted by Crippen LogP contribution is -2.15. The third-order valence-corrected chi connectivity index (χ3v) is 4.94. The summed E-state index contributed by atoms with van der Waals surface area (Å²) in [6.07, 6.45) is 0.707. The average molecular weight is 382 g/mol. The molecular formula is C20H22N4O2S. The largest absolute Gasteiger partial charge is 0.492 e. The van der Waals surface area contributed by atoms with Crippen LogP contribution in [-0.2, 0) is 18.3 Å². The van der Waals surface area contributed by atoms with Crippen molar-refractivity contribution in [3.05, 3.63) is 66.0 Å². The molecule has 140 valence electrons. The number of amides is 1. The number of nitrogens with one attached hydrogen (secondary N) is 1. The lowest BCUT2D eigenvalue weighted by Gasteiger charge is -2.11. The summed E-state index contributed by atoms with van der Waals surface area (Å²) >= 11 is 1.36. The van der Waals surface area contributed by atoms with Crippen LogP contribution < -0.4 is 10.1 Å². The Balaban J connectivity index is 1.58. The molecular weight excluding hydrogens is 360 g/mol. The Labute approximate surface area is 163 Å². The number of hydrogen-bond acceptors (Lipinski definition) is 5. The van der Waals surface area contributed by atoms with Crippen LogP contribution in [-0.4, -0.2) is 33.0 Å². The minimum atomic E-state index is -0.111. The van der Waals surface area contributed by atoms with Crippen molar-refractivity contribution in [2.24, 2.45) is 7.05 Å². The Bertz CT molecular complexity index is 896. The van der Waals surface area contributed by atoms with Gasteiger partial charge in [-0.3, -0.25) is 4.79 Å². The second-order valence-electron chi connectivity index (χ2n) is 5.89. The van der Waals surface area contributed by atoms with Gasteiger partial charge in [-0.25, -0.2) is 0 Å². The summed E-state index contributed by atoms with van der Waals surface area (Å²) in [7, 11) is 1.92. The van der Waals surface area contributed by atoms with Gasteiger partial charge in [0.15, 0.2) is 5.16 Å². The van der Waals surface area contributed by atoms with Crippen molar-refractivity contribution in [2.75, 3.05) is 17.7 Å². The summed E-state index contributed by atoms with van der Waals surface area (Å²) in [5, 5.41) is 12.1. The average Bonchev–Trinajstić information content (AvgIpc) is 3.02. The molecule has 0 aliphatic carbocycles. The van der Waals surface area contributed by atoms with E-state index >= 15 is 0 Å². The molecule has 0 atom stereocenters. The van der Waals surface area contributed by atoms with E-state index in [2.05, 4.69) is 27.6 Å². The number of hydrogen-bond donors (Lipinski definition) is 1. The quantitative estimate of drug-likeness (QED) is 0.604. The van der Waals surface area contributed by atoms with Gasteiger partial charge in [-0.1, -0.05) is 54.2 Å². The maximum atomic E-state index is 12.3. The highest BCUT2D eigenvalue weighted by atomic mass is 32.2. The number of thioether (sulfide) groups is 1. The standard InChI is InChI=1S/C20H22N4O2S/c1-3-26-17-12-8-7-11-16(17)21-19(25)14-27-20-23-22-18(24(20)2)13-15-9-5-4-6-10-15/h4-12H,3,13-14H2,1-2H3,(H,21,25). The molecule has 0 aliphatic heterocycles. The van der Waals surface area contributed by atoms with Crippen molar-refractivity contribution in [1.29, 1.82) is 0 Å². The van der Waals surface area contributed by atoms with E-state index in [4.69, 9.17) is 4.74 Å². The minimum Gasteiger partial charge on any atom is -0.492 e. The van der Waals surface area contributed by atoms with Crippen LogP contribution in [0.5, 0.6) is 5.75 Å². The van der Waals surface area contributed by atoms with Crippen LogP contribution in [0.1, 0.15) is 18.3 Å². The molecule has 7 heteroatoms. The molecule has 0 saturated heterocycles. The second kappa shape index (κ2) is 9.23. The number of rotatable bonds is 8. The third kappa shape index (κ3) is 5.10. The van der Waals surface area contributed by atoms with E-state index in [-0.39, 0.29) is 11.7 Å². The van der Waals surface area contributed by atoms with Gasteiger partial charge < -0.3 is 14.6 Å². The van der Waals surface area contributed by atoms with E-state index in [0.717, 1.165) is 5.82 Å². The van der Waals surface area contributed by atoms with Crippen LogP contribution in [0.3, 0.4) is 0 Å². The second-order valence-corrected chi connectivity index (χ2v) is 6.83. The number of nitrogens with zero attached hydrogens (tertiary/aromatic N) is 3. The van der Waals surface area contributed by atoms with Crippen LogP contribution in [0.2, 0.25) is 0 Å². The van der Waals surface area contributed by atoms with E-state index in [9.17, 15) is 4.79 Å². The van der Waals surface area contributed by atoms with Crippen molar-refractivity contribution >= 4 is 23.4 Å². The summed E-state index contributed by atoms with van der Waals surface area (Å²) in [4.78, 5) is 12.3. The van der Waals surface area contributed by atoms with Crippen molar-refractivity contribution in [3.8, 4) is 5.75 Å². The molecule has 3 rings (SSSR count). The summed E-state index contributed by atoms with van der Waals surface area (Å²) in [5.41, 5.74) is 1.85. The zero-order valence-corrected chi connectivity index (χ0v) is 16.2. The van der Waals surface area contributed by atoms with Gasteiger partial charge in [0.05, 0.1) is 18.0 Å². The van der Waals surface area contributed by atoms with Crippen LogP contribution in [0.4, 0.5) is 5.69 Å². The Morgan fingerprint density at radius 2 is 1.85 bits per heavy atom. The number of para-hydroxylation sites is 2. The molecule has 0 bridgehead atoms. The molecule has 0 saturated carbocycles. The van der Waals surface area contributed by atoms with Crippen LogP contribution in [0.25, 0.3) is 0 Å². The van der Waals surface area contributed by atoms with Crippen molar-refractivity contribution in [2.45, 2.75) is 18.5 Å². The molecule has 3 aromatic rings. The predicted molar refractivity (Wildman–Crippen MR) is 107 cm³/mol. The topological polar surface area (TPSA) is 69.0 Å². The molecule has 0 radical (unpaired) electrons. The maximum absolute atomic E-state index is 12.3. The molecule has 1 amide bonds. The van der Waals surface area contributed by atoms with E-state index in [0.29, 0.717) is 29.6 Å². The van der Waals surface area contributed by atoms with Crippen molar-refractivity contribution in [3.63, 3.8) is 0 Å². The third-order valence-electron chi connectivity index (χ3n) is 3.92. The number of benzene rings is 2. The van der Waals surface area contributed by atoms with Crippen molar-refractivity contribution in [1.82, 2.24) is 14.8 Å². The summed E-state index contributed by atoms with van der Waals surface area (Å²) in [5.74, 6) is 1.67. The van der Waals surface area contributed by atoms with E-state index in [1.165, 1.54) is 17.3 Å². The Morgan fingerprint density at radius 1 is 1.11 bits per heavy atom. The van der Waals surface area contributed by atoms with Gasteiger partial charge in [0.2, 0.25) is 5.91 Å². The van der Waals surface area contributed by atoms with E-state index < -0.39 is 0 Å². The smallest absolute Gasteiger partial charge is 0.234 e. The SMILES string of the molecule is CCOc1ccccc1NC(=O)CSc1nnc(Cc2ccccc2)n1C. The molecule has 0 aliphatic rings. The van der Waals surface area contributed by atoms with E-state index in [1.54, 1.807) is 0 Å². The molecule has 27 heavy (non-hydrogen) atoms. The molecule has 0 fully saturated rings. The number of carbonyl (C=O) groups excluding carboxylic acids is 1. The van der Waals surface area contributed by atoms with Crippen LogP contribution in [0.15, 0.2) is 59.8 Å². The highest BCUT2D eigenvalue weighted by Crippen LogP contribution is 2.24. The number of ether oxygens (including phenoxy) is 1. The first kappa shape index (κ1) is 19.0. The molecule has 0 unspecified atom stereocenters. The first-order chi connectivity index (χ1) is 13.2. The van der Waals surface area contributed by atoms with Gasteiger partial charge in [-0.15, -0.1) is 10.2 Å². The molecule has 0 spiro atoms. The van der Waals surface area contributed by atoms with E-state index in [1.807, 2.05) is 61.0 Å².